The van der Waals surface area contributed by atoms with Crippen LogP contribution in [0.1, 0.15) is 52.4 Å². The van der Waals surface area contributed by atoms with Crippen molar-refractivity contribution in [3.63, 3.8) is 0 Å². The Balaban J connectivity index is 1.56. The van der Waals surface area contributed by atoms with E-state index in [4.69, 9.17) is 0 Å². The molecule has 0 spiro atoms. The van der Waals surface area contributed by atoms with Crippen molar-refractivity contribution in [1.82, 2.24) is 15.5 Å². The van der Waals surface area contributed by atoms with Crippen molar-refractivity contribution in [3.05, 3.63) is 0 Å². The molecule has 2 aliphatic carbocycles. The van der Waals surface area contributed by atoms with E-state index in [1.54, 1.807) is 0 Å². The van der Waals surface area contributed by atoms with Crippen LogP contribution < -0.4 is 10.6 Å². The standard InChI is InChI=1S/C16H31N3O2/c1-12(2)19(14-6-7-14)9-8-17-16(21)18-11-13-4-3-5-15(20)10-13/h12-15,20H,3-11H2,1-2H3,(H2,17,18,21). The second-order valence-corrected chi connectivity index (χ2v) is 6.89. The maximum Gasteiger partial charge on any atom is 0.314 e. The Bertz CT molecular complexity index is 329. The molecule has 0 aromatic heterocycles. The van der Waals surface area contributed by atoms with Gasteiger partial charge in [0.05, 0.1) is 6.10 Å². The van der Waals surface area contributed by atoms with Gasteiger partial charge < -0.3 is 15.7 Å². The molecule has 0 aromatic carbocycles. The van der Waals surface area contributed by atoms with Crippen molar-refractivity contribution in [1.29, 1.82) is 0 Å². The van der Waals surface area contributed by atoms with E-state index in [0.29, 0.717) is 25.0 Å². The number of amides is 2. The van der Waals surface area contributed by atoms with Crippen LogP contribution in [-0.2, 0) is 0 Å². The van der Waals surface area contributed by atoms with E-state index >= 15 is 0 Å². The highest BCUT2D eigenvalue weighted by molar-refractivity contribution is 5.73. The predicted molar refractivity (Wildman–Crippen MR) is 84.2 cm³/mol. The van der Waals surface area contributed by atoms with Gasteiger partial charge in [-0.1, -0.05) is 6.42 Å². The van der Waals surface area contributed by atoms with Crippen LogP contribution in [0, 0.1) is 5.92 Å². The maximum atomic E-state index is 11.8. The fourth-order valence-electron chi connectivity index (χ4n) is 3.31. The number of urea groups is 1. The minimum absolute atomic E-state index is 0.0745. The molecule has 0 aliphatic heterocycles. The van der Waals surface area contributed by atoms with Crippen LogP contribution in [0.15, 0.2) is 0 Å². The topological polar surface area (TPSA) is 64.6 Å². The van der Waals surface area contributed by atoms with Gasteiger partial charge in [-0.3, -0.25) is 4.90 Å². The Morgan fingerprint density at radius 1 is 1.24 bits per heavy atom. The number of hydrogen-bond acceptors (Lipinski definition) is 3. The van der Waals surface area contributed by atoms with E-state index in [2.05, 4.69) is 29.4 Å². The van der Waals surface area contributed by atoms with Gasteiger partial charge in [0.2, 0.25) is 0 Å². The molecule has 5 heteroatoms. The molecule has 0 aromatic rings. The first-order chi connectivity index (χ1) is 10.1. The summed E-state index contributed by atoms with van der Waals surface area (Å²) >= 11 is 0. The number of carbonyl (C=O) groups is 1. The Kier molecular flexibility index (Phi) is 6.30. The number of nitrogens with zero attached hydrogens (tertiary/aromatic N) is 1. The number of rotatable bonds is 7. The molecule has 2 fully saturated rings. The molecule has 2 aliphatic rings. The maximum absolute atomic E-state index is 11.8. The van der Waals surface area contributed by atoms with Crippen molar-refractivity contribution in [2.45, 2.75) is 70.6 Å². The summed E-state index contributed by atoms with van der Waals surface area (Å²) in [6, 6.07) is 1.21. The number of nitrogens with one attached hydrogen (secondary N) is 2. The first-order valence-corrected chi connectivity index (χ1v) is 8.51. The summed E-state index contributed by atoms with van der Waals surface area (Å²) in [5.41, 5.74) is 0. The third-order valence-electron chi connectivity index (χ3n) is 4.64. The summed E-state index contributed by atoms with van der Waals surface area (Å²) in [5.74, 6) is 0.429. The molecule has 0 radical (unpaired) electrons. The van der Waals surface area contributed by atoms with Gasteiger partial charge >= 0.3 is 6.03 Å². The third-order valence-corrected chi connectivity index (χ3v) is 4.64. The average Bonchev–Trinajstić information content (AvgIpc) is 3.25. The Labute approximate surface area is 128 Å². The molecule has 21 heavy (non-hydrogen) atoms. The molecule has 2 saturated carbocycles. The quantitative estimate of drug-likeness (QED) is 0.670. The van der Waals surface area contributed by atoms with Crippen molar-refractivity contribution in [3.8, 4) is 0 Å². The second-order valence-electron chi connectivity index (χ2n) is 6.89. The molecule has 2 amide bonds. The van der Waals surface area contributed by atoms with Crippen LogP contribution in [0.4, 0.5) is 4.79 Å². The van der Waals surface area contributed by atoms with Crippen LogP contribution in [-0.4, -0.2) is 53.9 Å². The monoisotopic (exact) mass is 297 g/mol. The normalized spacial score (nSPS) is 26.1. The number of aliphatic hydroxyl groups excluding tert-OH is 1. The molecule has 3 N–H and O–H groups in total. The summed E-state index contributed by atoms with van der Waals surface area (Å²) in [6.45, 7) is 6.74. The fourth-order valence-corrected chi connectivity index (χ4v) is 3.31. The van der Waals surface area contributed by atoms with Crippen molar-refractivity contribution >= 4 is 6.03 Å². The lowest BCUT2D eigenvalue weighted by molar-refractivity contribution is 0.101. The number of carbonyl (C=O) groups excluding carboxylic acids is 1. The highest BCUT2D eigenvalue weighted by atomic mass is 16.3. The summed E-state index contributed by atoms with van der Waals surface area (Å²) in [5, 5.41) is 15.5. The Hall–Kier alpha value is -0.810. The van der Waals surface area contributed by atoms with Crippen LogP contribution in [0.3, 0.4) is 0 Å². The van der Waals surface area contributed by atoms with Crippen LogP contribution >= 0.6 is 0 Å². The van der Waals surface area contributed by atoms with Crippen LogP contribution in [0.5, 0.6) is 0 Å². The molecule has 0 heterocycles. The van der Waals surface area contributed by atoms with Gasteiger partial charge in [-0.15, -0.1) is 0 Å². The molecule has 5 nitrogen and oxygen atoms in total. The van der Waals surface area contributed by atoms with Gasteiger partial charge in [-0.2, -0.15) is 0 Å². The highest BCUT2D eigenvalue weighted by Gasteiger charge is 2.30. The molecule has 2 rings (SSSR count). The molecule has 0 saturated heterocycles. The zero-order chi connectivity index (χ0) is 15.2. The van der Waals surface area contributed by atoms with Crippen molar-refractivity contribution in [2.75, 3.05) is 19.6 Å². The van der Waals surface area contributed by atoms with E-state index in [0.717, 1.165) is 38.3 Å². The van der Waals surface area contributed by atoms with Gasteiger partial charge in [0.1, 0.15) is 0 Å². The smallest absolute Gasteiger partial charge is 0.314 e. The van der Waals surface area contributed by atoms with Crippen LogP contribution in [0.2, 0.25) is 0 Å². The minimum Gasteiger partial charge on any atom is -0.393 e. The summed E-state index contributed by atoms with van der Waals surface area (Å²) in [6.07, 6.45) is 6.34. The van der Waals surface area contributed by atoms with Gasteiger partial charge in [0.15, 0.2) is 0 Å². The van der Waals surface area contributed by atoms with Gasteiger partial charge in [0, 0.05) is 31.7 Å². The van der Waals surface area contributed by atoms with Gasteiger partial charge in [-0.05, 0) is 51.9 Å². The van der Waals surface area contributed by atoms with E-state index < -0.39 is 0 Å². The van der Waals surface area contributed by atoms with Crippen LogP contribution in [0.25, 0.3) is 0 Å². The van der Waals surface area contributed by atoms with E-state index in [9.17, 15) is 9.90 Å². The predicted octanol–water partition coefficient (Wildman–Crippen LogP) is 1.71. The van der Waals surface area contributed by atoms with Crippen molar-refractivity contribution < 1.29 is 9.90 Å². The lowest BCUT2D eigenvalue weighted by Gasteiger charge is -2.27. The van der Waals surface area contributed by atoms with E-state index in [1.165, 1.54) is 12.8 Å². The molecular formula is C16H31N3O2. The Morgan fingerprint density at radius 3 is 2.62 bits per heavy atom. The van der Waals surface area contributed by atoms with E-state index in [1.807, 2.05) is 0 Å². The summed E-state index contributed by atoms with van der Waals surface area (Å²) in [7, 11) is 0. The Morgan fingerprint density at radius 2 is 2.00 bits per heavy atom. The molecule has 2 unspecified atom stereocenters. The van der Waals surface area contributed by atoms with Crippen molar-refractivity contribution in [2.24, 2.45) is 5.92 Å². The first kappa shape index (κ1) is 16.6. The van der Waals surface area contributed by atoms with Gasteiger partial charge in [0.25, 0.3) is 0 Å². The summed E-state index contributed by atoms with van der Waals surface area (Å²) < 4.78 is 0. The molecule has 122 valence electrons. The third kappa shape index (κ3) is 5.83. The molecule has 2 atom stereocenters. The zero-order valence-corrected chi connectivity index (χ0v) is 13.5. The zero-order valence-electron chi connectivity index (χ0n) is 13.5. The SMILES string of the molecule is CC(C)N(CCNC(=O)NCC1CCCC(O)C1)C1CC1. The highest BCUT2D eigenvalue weighted by Crippen LogP contribution is 2.28. The average molecular weight is 297 g/mol. The number of aliphatic hydroxyl groups is 1. The minimum atomic E-state index is -0.174. The summed E-state index contributed by atoms with van der Waals surface area (Å²) in [4.78, 5) is 14.3. The fraction of sp³-hybridized carbons (Fsp3) is 0.938. The second kappa shape index (κ2) is 7.99. The first-order valence-electron chi connectivity index (χ1n) is 8.51. The van der Waals surface area contributed by atoms with Gasteiger partial charge in [-0.25, -0.2) is 4.79 Å². The lowest BCUT2D eigenvalue weighted by atomic mass is 9.87. The largest absolute Gasteiger partial charge is 0.393 e. The molecular weight excluding hydrogens is 266 g/mol. The lowest BCUT2D eigenvalue weighted by Crippen LogP contribution is -2.44. The number of hydrogen-bond donors (Lipinski definition) is 3. The van der Waals surface area contributed by atoms with E-state index in [-0.39, 0.29) is 12.1 Å². The molecule has 0 bridgehead atoms.